The summed E-state index contributed by atoms with van der Waals surface area (Å²) in [6.45, 7) is 13.5. The van der Waals surface area contributed by atoms with Gasteiger partial charge in [0.2, 0.25) is 13.6 Å². The number of rotatable bonds is 10. The average molecular weight is 564 g/mol. The molecule has 4 atom stereocenters. The molecular weight excluding hydrogens is 524 g/mol. The van der Waals surface area contributed by atoms with Crippen LogP contribution in [-0.4, -0.2) is 71.6 Å². The van der Waals surface area contributed by atoms with E-state index in [4.69, 9.17) is 29.0 Å². The third kappa shape index (κ3) is 7.63. The lowest BCUT2D eigenvalue weighted by atomic mass is 9.95. The molecule has 0 radical (unpaired) electrons. The minimum atomic E-state index is -4.34. The summed E-state index contributed by atoms with van der Waals surface area (Å²) in [5.41, 5.74) is 2.16. The van der Waals surface area contributed by atoms with Gasteiger partial charge >= 0.3 is 19.5 Å². The Morgan fingerprint density at radius 2 is 1.68 bits per heavy atom. The first kappa shape index (κ1) is 31.9. The second-order valence-corrected chi connectivity index (χ2v) is 13.2. The lowest BCUT2D eigenvalue weighted by Crippen LogP contribution is -2.45. The predicted molar refractivity (Wildman–Crippen MR) is 136 cm³/mol. The fourth-order valence-corrected chi connectivity index (χ4v) is 5.32. The summed E-state index contributed by atoms with van der Waals surface area (Å²) in [7, 11) is -4.34. The number of ether oxygens (including phenoxy) is 3. The molecule has 1 saturated heterocycles. The third-order valence-corrected chi connectivity index (χ3v) is 7.79. The zero-order valence-corrected chi connectivity index (χ0v) is 23.8. The molecule has 0 aliphatic carbocycles. The van der Waals surface area contributed by atoms with E-state index in [1.54, 1.807) is 48.5 Å². The van der Waals surface area contributed by atoms with E-state index in [1.807, 2.05) is 0 Å². The molecule has 3 N–H and O–H groups in total. The number of esters is 2. The van der Waals surface area contributed by atoms with Gasteiger partial charge in [-0.1, -0.05) is 13.5 Å². The Morgan fingerprint density at radius 1 is 1.18 bits per heavy atom. The van der Waals surface area contributed by atoms with Crippen LogP contribution in [0.4, 0.5) is 4.39 Å². The minimum Gasteiger partial charge on any atom is -0.438 e. The van der Waals surface area contributed by atoms with Crippen LogP contribution in [0.5, 0.6) is 0 Å². The van der Waals surface area contributed by atoms with Crippen LogP contribution in [0.2, 0.25) is 0 Å². The quantitative estimate of drug-likeness (QED) is 0.228. The Bertz CT molecular complexity index is 985. The number of hydrogen-bond acceptors (Lipinski definition) is 12. The monoisotopic (exact) mass is 563 g/mol. The van der Waals surface area contributed by atoms with Crippen LogP contribution < -0.4 is 5.73 Å². The summed E-state index contributed by atoms with van der Waals surface area (Å²) >= 11 is 0. The molecule has 1 fully saturated rings. The molecule has 0 bridgehead atoms. The van der Waals surface area contributed by atoms with Crippen LogP contribution in [0.1, 0.15) is 54.9 Å². The molecule has 0 saturated carbocycles. The smallest absolute Gasteiger partial charge is 0.339 e. The molecule has 12 nitrogen and oxygen atoms in total. The number of alkyl halides is 1. The van der Waals surface area contributed by atoms with Gasteiger partial charge in [-0.2, -0.15) is 0 Å². The van der Waals surface area contributed by atoms with E-state index in [0.29, 0.717) is 0 Å². The largest absolute Gasteiger partial charge is 0.438 e. The molecule has 216 valence electrons. The van der Waals surface area contributed by atoms with Crippen molar-refractivity contribution in [1.82, 2.24) is 4.90 Å². The molecule has 0 aromatic rings. The molecule has 0 aromatic heterocycles. The summed E-state index contributed by atoms with van der Waals surface area (Å²) in [4.78, 5) is 29.5. The number of carbonyl (C=O) groups is 2. The number of nitrogens with zero attached hydrogens (tertiary/aromatic N) is 2. The van der Waals surface area contributed by atoms with Crippen molar-refractivity contribution in [3.05, 3.63) is 24.7 Å². The van der Waals surface area contributed by atoms with Gasteiger partial charge in [-0.15, -0.1) is 0 Å². The zero-order chi connectivity index (χ0) is 29.1. The van der Waals surface area contributed by atoms with E-state index in [0.717, 1.165) is 0 Å². The van der Waals surface area contributed by atoms with Gasteiger partial charge in [-0.25, -0.2) is 9.38 Å². The number of aliphatic hydroxyl groups excluding tert-OH is 1. The second kappa shape index (κ2) is 11.8. The van der Waals surface area contributed by atoms with Crippen LogP contribution >= 0.6 is 7.60 Å². The van der Waals surface area contributed by atoms with Gasteiger partial charge in [-0.05, 0) is 54.0 Å². The van der Waals surface area contributed by atoms with Crippen LogP contribution in [0, 0.1) is 10.8 Å². The summed E-state index contributed by atoms with van der Waals surface area (Å²) < 4.78 is 56.0. The van der Waals surface area contributed by atoms with E-state index in [9.17, 15) is 19.3 Å². The van der Waals surface area contributed by atoms with Gasteiger partial charge in [0, 0.05) is 6.20 Å². The fourth-order valence-electron chi connectivity index (χ4n) is 3.49. The Balaban J connectivity index is 2.27. The first-order valence-corrected chi connectivity index (χ1v) is 13.8. The van der Waals surface area contributed by atoms with Crippen molar-refractivity contribution in [1.29, 1.82) is 0 Å². The van der Waals surface area contributed by atoms with Crippen molar-refractivity contribution < 1.29 is 46.9 Å². The SMILES string of the molecule is C=C1N=C(N)C=CN1[C@@H]1O[C@](CC)(CP(=O)(OCOC(=O)C(C)(C)C)OCOC(=O)C(C)(C)C)[C@@H](O)[C@H]1F. The van der Waals surface area contributed by atoms with Gasteiger partial charge in [-0.3, -0.25) is 23.2 Å². The van der Waals surface area contributed by atoms with Crippen molar-refractivity contribution in [3.8, 4) is 0 Å². The van der Waals surface area contributed by atoms with E-state index in [-0.39, 0.29) is 18.1 Å². The summed E-state index contributed by atoms with van der Waals surface area (Å²) in [6, 6.07) is 0. The van der Waals surface area contributed by atoms with E-state index >= 15 is 4.39 Å². The molecule has 2 aliphatic heterocycles. The molecule has 2 aliphatic rings. The number of amidine groups is 1. The standard InChI is InChI=1S/C24H39FN3O9P/c1-9-24(18(29)17(25)19(37-24)28-11-10-16(26)27-15(28)2)12-38(32,35-13-33-20(30)22(3,4)5)36-14-34-21(31)23(6,7)8/h10-11,17-19,29H,2,9,12-14H2,1,3-8H3,(H2,26,27)/t17-,18+,19-,24-/m1/s1. The third-order valence-electron chi connectivity index (χ3n) is 5.87. The molecule has 0 spiro atoms. The van der Waals surface area contributed by atoms with Crippen LogP contribution in [0.3, 0.4) is 0 Å². The van der Waals surface area contributed by atoms with Crippen molar-refractivity contribution in [3.63, 3.8) is 0 Å². The van der Waals surface area contributed by atoms with Gasteiger partial charge < -0.3 is 30.0 Å². The Kier molecular flexibility index (Phi) is 9.93. The normalized spacial score (nSPS) is 26.3. The van der Waals surface area contributed by atoms with Crippen LogP contribution in [-0.2, 0) is 37.4 Å². The number of aliphatic imine (C=N–C) groups is 1. The summed E-state index contributed by atoms with van der Waals surface area (Å²) in [6.07, 6.45) is -2.96. The van der Waals surface area contributed by atoms with Crippen LogP contribution in [0.15, 0.2) is 29.7 Å². The maximum Gasteiger partial charge on any atom is 0.339 e. The van der Waals surface area contributed by atoms with E-state index in [2.05, 4.69) is 11.6 Å². The maximum atomic E-state index is 15.4. The Morgan fingerprint density at radius 3 is 2.11 bits per heavy atom. The van der Waals surface area contributed by atoms with Crippen molar-refractivity contribution in [2.75, 3.05) is 19.7 Å². The average Bonchev–Trinajstić information content (AvgIpc) is 3.03. The maximum absolute atomic E-state index is 15.4. The molecule has 38 heavy (non-hydrogen) atoms. The van der Waals surface area contributed by atoms with E-state index < -0.39 is 74.2 Å². The number of hydrogen-bond donors (Lipinski definition) is 2. The van der Waals surface area contributed by atoms with Crippen molar-refractivity contribution in [2.45, 2.75) is 79.0 Å². The number of aliphatic hydroxyl groups is 1. The molecule has 2 rings (SSSR count). The lowest BCUT2D eigenvalue weighted by molar-refractivity contribution is -0.162. The molecule has 0 unspecified atom stereocenters. The minimum absolute atomic E-state index is 0.0131. The first-order valence-electron chi connectivity index (χ1n) is 12.1. The summed E-state index contributed by atoms with van der Waals surface area (Å²) in [5.74, 6) is -1.03. The molecule has 0 aromatic carbocycles. The highest BCUT2D eigenvalue weighted by molar-refractivity contribution is 7.53. The molecular formula is C24H39FN3O9P. The van der Waals surface area contributed by atoms with Gasteiger partial charge in [0.15, 0.2) is 12.4 Å². The lowest BCUT2D eigenvalue weighted by Gasteiger charge is -2.35. The van der Waals surface area contributed by atoms with E-state index in [1.165, 1.54) is 17.2 Å². The van der Waals surface area contributed by atoms with Crippen molar-refractivity contribution >= 4 is 25.4 Å². The zero-order valence-electron chi connectivity index (χ0n) is 22.9. The number of carbonyl (C=O) groups excluding carboxylic acids is 2. The highest BCUT2D eigenvalue weighted by Gasteiger charge is 2.59. The number of nitrogens with two attached hydrogens (primary N) is 1. The van der Waals surface area contributed by atoms with Gasteiger partial charge in [0.05, 0.1) is 17.0 Å². The highest BCUT2D eigenvalue weighted by atomic mass is 31.2. The molecule has 14 heteroatoms. The Hall–Kier alpha value is -2.31. The second-order valence-electron chi connectivity index (χ2n) is 11.1. The van der Waals surface area contributed by atoms with Gasteiger partial charge in [0.25, 0.3) is 0 Å². The predicted octanol–water partition coefficient (Wildman–Crippen LogP) is 3.17. The Labute approximate surface area is 222 Å². The van der Waals surface area contributed by atoms with Crippen LogP contribution in [0.25, 0.3) is 0 Å². The summed E-state index contributed by atoms with van der Waals surface area (Å²) in [5, 5.41) is 10.9. The van der Waals surface area contributed by atoms with Crippen molar-refractivity contribution in [2.24, 2.45) is 21.6 Å². The number of halogens is 1. The molecule has 2 heterocycles. The van der Waals surface area contributed by atoms with Gasteiger partial charge in [0.1, 0.15) is 23.4 Å². The molecule has 0 amide bonds. The fraction of sp³-hybridized carbons (Fsp3) is 0.708. The first-order chi connectivity index (χ1) is 17.3. The highest BCUT2D eigenvalue weighted by Crippen LogP contribution is 2.55. The topological polar surface area (TPSA) is 159 Å².